The molecule has 7 nitrogen and oxygen atoms in total. The molecule has 0 heterocycles. The first kappa shape index (κ1) is 18.0. The lowest BCUT2D eigenvalue weighted by molar-refractivity contribution is 0.0377. The van der Waals surface area contributed by atoms with Gasteiger partial charge in [-0.2, -0.15) is 0 Å². The van der Waals surface area contributed by atoms with E-state index in [1.54, 1.807) is 13.8 Å². The molecule has 0 fully saturated rings. The smallest absolute Gasteiger partial charge is 0.338 e. The summed E-state index contributed by atoms with van der Waals surface area (Å²) in [7, 11) is 0. The van der Waals surface area contributed by atoms with Crippen LogP contribution in [0, 0.1) is 0 Å². The first-order valence-corrected chi connectivity index (χ1v) is 7.53. The van der Waals surface area contributed by atoms with E-state index < -0.39 is 17.8 Å². The van der Waals surface area contributed by atoms with Crippen molar-refractivity contribution in [2.24, 2.45) is 0 Å². The summed E-state index contributed by atoms with van der Waals surface area (Å²) in [6.45, 7) is 3.48. The highest BCUT2D eigenvalue weighted by atomic mass is 16.5. The maximum absolute atomic E-state index is 12.3. The van der Waals surface area contributed by atoms with Crippen LogP contribution in [-0.4, -0.2) is 29.1 Å². The van der Waals surface area contributed by atoms with E-state index >= 15 is 0 Å². The highest BCUT2D eigenvalue weighted by Gasteiger charge is 2.15. The Morgan fingerprint density at radius 2 is 1.64 bits per heavy atom. The van der Waals surface area contributed by atoms with Gasteiger partial charge in [0.2, 0.25) is 0 Å². The molecule has 0 saturated heterocycles. The summed E-state index contributed by atoms with van der Waals surface area (Å²) in [5.41, 5.74) is 6.58. The largest absolute Gasteiger partial charge is 0.478 e. The molecule has 0 spiro atoms. The zero-order chi connectivity index (χ0) is 18.6. The molecule has 0 radical (unpaired) electrons. The van der Waals surface area contributed by atoms with Crippen molar-refractivity contribution in [2.45, 2.75) is 20.0 Å². The van der Waals surface area contributed by atoms with E-state index in [-0.39, 0.29) is 22.9 Å². The molecular formula is C18H18N2O5. The quantitative estimate of drug-likeness (QED) is 0.568. The zero-order valence-corrected chi connectivity index (χ0v) is 13.8. The van der Waals surface area contributed by atoms with Crippen molar-refractivity contribution < 1.29 is 24.2 Å². The lowest BCUT2D eigenvalue weighted by atomic mass is 10.1. The van der Waals surface area contributed by atoms with Crippen LogP contribution in [0.15, 0.2) is 42.5 Å². The van der Waals surface area contributed by atoms with Gasteiger partial charge in [0.15, 0.2) is 0 Å². The Hall–Kier alpha value is -3.35. The van der Waals surface area contributed by atoms with Crippen molar-refractivity contribution in [1.29, 1.82) is 0 Å². The summed E-state index contributed by atoms with van der Waals surface area (Å²) in [5, 5.41) is 11.7. The summed E-state index contributed by atoms with van der Waals surface area (Å²) in [6.07, 6.45) is -0.242. The van der Waals surface area contributed by atoms with Gasteiger partial charge in [-0.15, -0.1) is 0 Å². The molecule has 1 amide bonds. The van der Waals surface area contributed by atoms with Gasteiger partial charge in [-0.05, 0) is 56.3 Å². The standard InChI is InChI=1S/C18H18N2O5/c1-10(2)25-18(24)12-5-3-11(4-6-12)16(21)20-15-9-13(19)7-8-14(15)17(22)23/h3-10H,19H2,1-2H3,(H,20,21)(H,22,23). The molecule has 25 heavy (non-hydrogen) atoms. The summed E-state index contributed by atoms with van der Waals surface area (Å²) in [5.74, 6) is -2.18. The Labute approximate surface area is 144 Å². The average Bonchev–Trinajstić information content (AvgIpc) is 2.54. The average molecular weight is 342 g/mol. The van der Waals surface area contributed by atoms with Crippen LogP contribution in [0.4, 0.5) is 11.4 Å². The second-order valence-electron chi connectivity index (χ2n) is 5.60. The third-order valence-electron chi connectivity index (χ3n) is 3.25. The van der Waals surface area contributed by atoms with Crippen molar-refractivity contribution in [3.63, 3.8) is 0 Å². The maximum atomic E-state index is 12.3. The van der Waals surface area contributed by atoms with E-state index in [2.05, 4.69) is 5.32 Å². The number of hydrogen-bond donors (Lipinski definition) is 3. The van der Waals surface area contributed by atoms with Crippen molar-refractivity contribution in [3.05, 3.63) is 59.2 Å². The number of carboxylic acids is 1. The van der Waals surface area contributed by atoms with Crippen LogP contribution in [0.2, 0.25) is 0 Å². The molecule has 130 valence electrons. The minimum atomic E-state index is -1.18. The molecule has 7 heteroatoms. The van der Waals surface area contributed by atoms with Gasteiger partial charge in [0.05, 0.1) is 22.9 Å². The number of nitrogens with two attached hydrogens (primary N) is 1. The normalized spacial score (nSPS) is 10.4. The predicted octanol–water partition coefficient (Wildman–Crippen LogP) is 2.78. The topological polar surface area (TPSA) is 119 Å². The number of rotatable bonds is 5. The van der Waals surface area contributed by atoms with Gasteiger partial charge in [-0.3, -0.25) is 4.79 Å². The minimum absolute atomic E-state index is 0.0697. The minimum Gasteiger partial charge on any atom is -0.478 e. The highest BCUT2D eigenvalue weighted by Crippen LogP contribution is 2.20. The fourth-order valence-corrected chi connectivity index (χ4v) is 2.09. The number of benzene rings is 2. The van der Waals surface area contributed by atoms with Crippen LogP contribution < -0.4 is 11.1 Å². The van der Waals surface area contributed by atoms with Crippen LogP contribution >= 0.6 is 0 Å². The van der Waals surface area contributed by atoms with Gasteiger partial charge in [-0.1, -0.05) is 0 Å². The van der Waals surface area contributed by atoms with E-state index in [4.69, 9.17) is 15.6 Å². The van der Waals surface area contributed by atoms with Gasteiger partial charge < -0.3 is 20.9 Å². The number of carbonyl (C=O) groups is 3. The van der Waals surface area contributed by atoms with Crippen LogP contribution in [0.1, 0.15) is 44.9 Å². The van der Waals surface area contributed by atoms with Crippen molar-refractivity contribution in [2.75, 3.05) is 11.1 Å². The van der Waals surface area contributed by atoms with E-state index in [1.165, 1.54) is 42.5 Å². The summed E-state index contributed by atoms with van der Waals surface area (Å²) in [6, 6.07) is 9.98. The maximum Gasteiger partial charge on any atom is 0.338 e. The molecule has 0 aromatic heterocycles. The van der Waals surface area contributed by atoms with Crippen LogP contribution in [0.3, 0.4) is 0 Å². The molecule has 0 bridgehead atoms. The van der Waals surface area contributed by atoms with Gasteiger partial charge in [0.25, 0.3) is 5.91 Å². The van der Waals surface area contributed by atoms with Crippen molar-refractivity contribution in [3.8, 4) is 0 Å². The third-order valence-corrected chi connectivity index (χ3v) is 3.25. The van der Waals surface area contributed by atoms with Crippen molar-refractivity contribution >= 4 is 29.2 Å². The molecule has 0 unspecified atom stereocenters. The molecule has 2 aromatic carbocycles. The lowest BCUT2D eigenvalue weighted by Crippen LogP contribution is -2.16. The number of nitrogens with one attached hydrogen (secondary N) is 1. The molecule has 0 aliphatic carbocycles. The Kier molecular flexibility index (Phi) is 5.38. The van der Waals surface area contributed by atoms with E-state index in [9.17, 15) is 14.4 Å². The Balaban J connectivity index is 2.18. The highest BCUT2D eigenvalue weighted by molar-refractivity contribution is 6.08. The monoisotopic (exact) mass is 342 g/mol. The van der Waals surface area contributed by atoms with Gasteiger partial charge in [0, 0.05) is 11.3 Å². The van der Waals surface area contributed by atoms with Gasteiger partial charge in [0.1, 0.15) is 0 Å². The van der Waals surface area contributed by atoms with Crippen molar-refractivity contribution in [1.82, 2.24) is 0 Å². The number of carboxylic acid groups (broad SMARTS) is 1. The molecule has 2 rings (SSSR count). The molecule has 2 aromatic rings. The fraction of sp³-hybridized carbons (Fsp3) is 0.167. The van der Waals surface area contributed by atoms with E-state index in [0.717, 1.165) is 0 Å². The van der Waals surface area contributed by atoms with Crippen LogP contribution in [-0.2, 0) is 4.74 Å². The SMILES string of the molecule is CC(C)OC(=O)c1ccc(C(=O)Nc2cc(N)ccc2C(=O)O)cc1. The van der Waals surface area contributed by atoms with Crippen LogP contribution in [0.5, 0.6) is 0 Å². The Morgan fingerprint density at radius 3 is 2.20 bits per heavy atom. The fourth-order valence-electron chi connectivity index (χ4n) is 2.09. The molecule has 0 atom stereocenters. The predicted molar refractivity (Wildman–Crippen MR) is 92.8 cm³/mol. The number of esters is 1. The summed E-state index contributed by atoms with van der Waals surface area (Å²) < 4.78 is 5.07. The number of amides is 1. The Bertz CT molecular complexity index is 813. The number of anilines is 2. The second-order valence-corrected chi connectivity index (χ2v) is 5.60. The molecular weight excluding hydrogens is 324 g/mol. The number of carbonyl (C=O) groups excluding carboxylic acids is 2. The third kappa shape index (κ3) is 4.57. The molecule has 0 saturated carbocycles. The zero-order valence-electron chi connectivity index (χ0n) is 13.8. The van der Waals surface area contributed by atoms with E-state index in [1.807, 2.05) is 0 Å². The summed E-state index contributed by atoms with van der Waals surface area (Å²) in [4.78, 5) is 35.3. The molecule has 0 aliphatic rings. The number of aromatic carboxylic acids is 1. The number of hydrogen-bond acceptors (Lipinski definition) is 5. The summed E-state index contributed by atoms with van der Waals surface area (Å²) >= 11 is 0. The molecule has 4 N–H and O–H groups in total. The van der Waals surface area contributed by atoms with Gasteiger partial charge in [-0.25, -0.2) is 9.59 Å². The number of nitrogen functional groups attached to an aromatic ring is 1. The second kappa shape index (κ2) is 7.48. The van der Waals surface area contributed by atoms with Gasteiger partial charge >= 0.3 is 11.9 Å². The Morgan fingerprint density at radius 1 is 1.04 bits per heavy atom. The first-order valence-electron chi connectivity index (χ1n) is 7.53. The molecule has 0 aliphatic heterocycles. The van der Waals surface area contributed by atoms with Crippen LogP contribution in [0.25, 0.3) is 0 Å². The van der Waals surface area contributed by atoms with E-state index in [0.29, 0.717) is 11.3 Å². The first-order chi connectivity index (χ1) is 11.8. The lowest BCUT2D eigenvalue weighted by Gasteiger charge is -2.10. The number of ether oxygens (including phenoxy) is 1.